The summed E-state index contributed by atoms with van der Waals surface area (Å²) in [5.74, 6) is 1.69. The van der Waals surface area contributed by atoms with E-state index in [0.717, 1.165) is 56.0 Å². The minimum atomic E-state index is -0.772. The molecule has 0 saturated carbocycles. The molecule has 8 heteroatoms. The molecule has 0 radical (unpaired) electrons. The quantitative estimate of drug-likeness (QED) is 0.293. The summed E-state index contributed by atoms with van der Waals surface area (Å²) < 4.78 is 0. The van der Waals surface area contributed by atoms with E-state index >= 15 is 0 Å². The van der Waals surface area contributed by atoms with Crippen molar-refractivity contribution in [2.75, 3.05) is 45.8 Å². The van der Waals surface area contributed by atoms with Gasteiger partial charge in [-0.15, -0.1) is 6.42 Å². The maximum absolute atomic E-state index is 10.8. The summed E-state index contributed by atoms with van der Waals surface area (Å²) in [4.78, 5) is 20.7. The Bertz CT molecular complexity index is 761. The molecule has 0 aliphatic carbocycles. The van der Waals surface area contributed by atoms with Crippen LogP contribution in [-0.2, 0) is 9.63 Å². The molecule has 1 atom stereocenters. The number of hydrogen-bond donors (Lipinski definition) is 2. The van der Waals surface area contributed by atoms with Crippen molar-refractivity contribution in [1.29, 1.82) is 0 Å². The first-order chi connectivity index (χ1) is 13.6. The molecule has 0 spiro atoms. The molecule has 1 unspecified atom stereocenters. The number of carboxylic acids is 1. The Morgan fingerprint density at radius 1 is 1.32 bits per heavy atom. The smallest absolute Gasteiger partial charge is 0.317 e. The van der Waals surface area contributed by atoms with E-state index in [-0.39, 0.29) is 12.6 Å². The van der Waals surface area contributed by atoms with Gasteiger partial charge in [-0.05, 0) is 11.1 Å². The second-order valence-corrected chi connectivity index (χ2v) is 6.86. The van der Waals surface area contributed by atoms with Crippen LogP contribution < -0.4 is 5.43 Å². The number of aliphatic carboxylic acids is 1. The molecular weight excluding hydrogens is 358 g/mol. The minimum Gasteiger partial charge on any atom is -0.480 e. The maximum atomic E-state index is 10.8. The van der Waals surface area contributed by atoms with Crippen LogP contribution >= 0.6 is 0 Å². The van der Waals surface area contributed by atoms with E-state index in [4.69, 9.17) is 16.4 Å². The van der Waals surface area contributed by atoms with Gasteiger partial charge < -0.3 is 9.94 Å². The fraction of sp³-hybridized carbons (Fsp3) is 0.450. The van der Waals surface area contributed by atoms with E-state index in [1.807, 2.05) is 29.2 Å². The number of benzene rings is 1. The highest BCUT2D eigenvalue weighted by Crippen LogP contribution is 2.18. The van der Waals surface area contributed by atoms with Gasteiger partial charge in [-0.1, -0.05) is 35.3 Å². The number of carboxylic acid groups (broad SMARTS) is 1. The number of rotatable bonds is 8. The van der Waals surface area contributed by atoms with Crippen LogP contribution in [0.2, 0.25) is 0 Å². The maximum Gasteiger partial charge on any atom is 0.317 e. The lowest BCUT2D eigenvalue weighted by molar-refractivity contribution is -0.138. The van der Waals surface area contributed by atoms with E-state index in [1.54, 1.807) is 6.21 Å². The molecule has 0 amide bonds. The van der Waals surface area contributed by atoms with E-state index < -0.39 is 5.97 Å². The number of hydrazone groups is 1. The van der Waals surface area contributed by atoms with Gasteiger partial charge in [-0.25, -0.2) is 0 Å². The monoisotopic (exact) mass is 383 g/mol. The molecule has 28 heavy (non-hydrogen) atoms. The average Bonchev–Trinajstić information content (AvgIpc) is 3.15. The predicted molar refractivity (Wildman–Crippen MR) is 107 cm³/mol. The summed E-state index contributed by atoms with van der Waals surface area (Å²) in [6.45, 7) is 4.56. The summed E-state index contributed by atoms with van der Waals surface area (Å²) in [5, 5.41) is 17.2. The summed E-state index contributed by atoms with van der Waals surface area (Å²) in [5.41, 5.74) is 5.73. The van der Waals surface area contributed by atoms with Gasteiger partial charge in [0.25, 0.3) is 0 Å². The summed E-state index contributed by atoms with van der Waals surface area (Å²) >= 11 is 0. The Hall–Kier alpha value is -2.89. The molecule has 148 valence electrons. The molecule has 2 heterocycles. The molecule has 1 saturated heterocycles. The van der Waals surface area contributed by atoms with Crippen molar-refractivity contribution < 1.29 is 14.7 Å². The molecule has 2 aliphatic rings. The number of nitrogens with one attached hydrogen (secondary N) is 1. The largest absolute Gasteiger partial charge is 0.480 e. The molecule has 1 aromatic rings. The van der Waals surface area contributed by atoms with Crippen molar-refractivity contribution in [3.8, 4) is 12.3 Å². The first-order valence-electron chi connectivity index (χ1n) is 9.33. The summed E-state index contributed by atoms with van der Waals surface area (Å²) in [7, 11) is 0. The van der Waals surface area contributed by atoms with Crippen molar-refractivity contribution in [3.05, 3.63) is 35.4 Å². The fourth-order valence-electron chi connectivity index (χ4n) is 3.28. The molecule has 0 bridgehead atoms. The fourth-order valence-corrected chi connectivity index (χ4v) is 3.28. The number of nitrogens with zero attached hydrogens (tertiary/aromatic N) is 4. The molecular formula is C20H25N5O3. The van der Waals surface area contributed by atoms with Crippen molar-refractivity contribution in [1.82, 2.24) is 15.2 Å². The van der Waals surface area contributed by atoms with E-state index in [1.165, 1.54) is 0 Å². The van der Waals surface area contributed by atoms with Gasteiger partial charge in [0, 0.05) is 39.1 Å². The number of oxime groups is 1. The summed E-state index contributed by atoms with van der Waals surface area (Å²) in [6.07, 6.45) is 7.68. The van der Waals surface area contributed by atoms with Gasteiger partial charge in [0.1, 0.15) is 6.10 Å². The zero-order valence-electron chi connectivity index (χ0n) is 15.8. The Morgan fingerprint density at radius 2 is 2.04 bits per heavy atom. The molecule has 0 aromatic heterocycles. The zero-order chi connectivity index (χ0) is 19.8. The Morgan fingerprint density at radius 3 is 2.71 bits per heavy atom. The zero-order valence-corrected chi connectivity index (χ0v) is 15.8. The molecule has 2 aliphatic heterocycles. The van der Waals surface area contributed by atoms with E-state index in [9.17, 15) is 4.79 Å². The van der Waals surface area contributed by atoms with Crippen LogP contribution in [-0.4, -0.2) is 84.7 Å². The molecule has 2 N–H and O–H groups in total. The van der Waals surface area contributed by atoms with Gasteiger partial charge in [0.05, 0.1) is 25.0 Å². The molecule has 8 nitrogen and oxygen atoms in total. The molecule has 1 fully saturated rings. The van der Waals surface area contributed by atoms with Crippen LogP contribution in [0.15, 0.2) is 34.5 Å². The van der Waals surface area contributed by atoms with Crippen LogP contribution in [0.1, 0.15) is 17.5 Å². The highest BCUT2D eigenvalue weighted by atomic mass is 16.6. The highest BCUT2D eigenvalue weighted by Gasteiger charge is 2.26. The predicted octanol–water partition coefficient (Wildman–Crippen LogP) is 0.439. The lowest BCUT2D eigenvalue weighted by Gasteiger charge is -2.34. The Kier molecular flexibility index (Phi) is 7.00. The molecule has 1 aromatic carbocycles. The third-order valence-corrected chi connectivity index (χ3v) is 4.75. The van der Waals surface area contributed by atoms with Crippen LogP contribution in [0.5, 0.6) is 0 Å². The summed E-state index contributed by atoms with van der Waals surface area (Å²) in [6, 6.07) is 7.98. The second-order valence-electron chi connectivity index (χ2n) is 6.86. The Balaban J connectivity index is 1.43. The number of hydrogen-bond acceptors (Lipinski definition) is 7. The van der Waals surface area contributed by atoms with Crippen LogP contribution in [0.4, 0.5) is 0 Å². The van der Waals surface area contributed by atoms with Crippen molar-refractivity contribution in [2.45, 2.75) is 12.5 Å². The first-order valence-corrected chi connectivity index (χ1v) is 9.33. The van der Waals surface area contributed by atoms with Gasteiger partial charge in [-0.3, -0.25) is 20.0 Å². The van der Waals surface area contributed by atoms with Crippen molar-refractivity contribution in [3.63, 3.8) is 0 Å². The lowest BCUT2D eigenvalue weighted by atomic mass is 10.0. The third kappa shape index (κ3) is 5.81. The van der Waals surface area contributed by atoms with Crippen LogP contribution in [0.3, 0.4) is 0 Å². The van der Waals surface area contributed by atoms with Crippen LogP contribution in [0, 0.1) is 12.3 Å². The highest BCUT2D eigenvalue weighted by molar-refractivity contribution is 6.01. The third-order valence-electron chi connectivity index (χ3n) is 4.75. The van der Waals surface area contributed by atoms with Crippen molar-refractivity contribution in [2.24, 2.45) is 10.3 Å². The van der Waals surface area contributed by atoms with Crippen LogP contribution in [0.25, 0.3) is 0 Å². The SMILES string of the molecule is C#CCNN=Cc1ccc(C2=NOC(CN3CCN(CC(=O)O)CC3)C2)cc1. The Labute approximate surface area is 164 Å². The van der Waals surface area contributed by atoms with Gasteiger partial charge in [0.15, 0.2) is 0 Å². The minimum absolute atomic E-state index is 0.0372. The second kappa shape index (κ2) is 9.88. The number of terminal acetylenes is 1. The first kappa shape index (κ1) is 19.9. The van der Waals surface area contributed by atoms with E-state index in [0.29, 0.717) is 6.54 Å². The van der Waals surface area contributed by atoms with Gasteiger partial charge in [-0.2, -0.15) is 5.10 Å². The average molecular weight is 383 g/mol. The van der Waals surface area contributed by atoms with E-state index in [2.05, 4.69) is 26.5 Å². The normalized spacial score (nSPS) is 20.5. The van der Waals surface area contributed by atoms with Gasteiger partial charge in [0.2, 0.25) is 0 Å². The number of piperazine rings is 1. The topological polar surface area (TPSA) is 89.8 Å². The number of carbonyl (C=O) groups is 1. The standard InChI is InChI=1S/C20H25N5O3/c1-2-7-21-22-13-16-3-5-17(6-4-16)19-12-18(28-23-19)14-24-8-10-25(11-9-24)15-20(26)27/h1,3-6,13,18,21H,7-12,14-15H2,(H,26,27). The van der Waals surface area contributed by atoms with Gasteiger partial charge >= 0.3 is 5.97 Å². The lowest BCUT2D eigenvalue weighted by Crippen LogP contribution is -2.49. The van der Waals surface area contributed by atoms with Crippen molar-refractivity contribution >= 4 is 17.9 Å². The molecule has 3 rings (SSSR count).